The van der Waals surface area contributed by atoms with Gasteiger partial charge in [0.05, 0.1) is 30.0 Å². The maximum Gasteiger partial charge on any atom is 0.227 e. The van der Waals surface area contributed by atoms with E-state index in [0.29, 0.717) is 32.3 Å². The Morgan fingerprint density at radius 2 is 1.67 bits per heavy atom. The number of alkyl halides is 1. The molecule has 27 heavy (non-hydrogen) atoms. The molecule has 0 bridgehead atoms. The number of nitrogens with zero attached hydrogens (tertiary/aromatic N) is 1. The summed E-state index contributed by atoms with van der Waals surface area (Å²) in [7, 11) is 1.90. The Bertz CT molecular complexity index is 711. The summed E-state index contributed by atoms with van der Waals surface area (Å²) in [5, 5.41) is 3.10. The average Bonchev–Trinajstić information content (AvgIpc) is 2.70. The number of aromatic nitrogens is 1. The summed E-state index contributed by atoms with van der Waals surface area (Å²) in [4.78, 5) is 4.36. The van der Waals surface area contributed by atoms with E-state index in [9.17, 15) is 4.39 Å². The average molecular weight is 484 g/mol. The van der Waals surface area contributed by atoms with Crippen LogP contribution < -0.4 is 10.1 Å². The molecule has 0 unspecified atom stereocenters. The van der Waals surface area contributed by atoms with Gasteiger partial charge in [-0.3, -0.25) is 0 Å². The molecule has 1 aromatic carbocycles. The van der Waals surface area contributed by atoms with Crippen molar-refractivity contribution in [2.24, 2.45) is 0 Å². The van der Waals surface area contributed by atoms with Crippen LogP contribution >= 0.6 is 22.6 Å². The van der Waals surface area contributed by atoms with Gasteiger partial charge < -0.3 is 19.5 Å². The lowest BCUT2D eigenvalue weighted by Crippen LogP contribution is -2.12. The molecular weight excluding hydrogens is 460 g/mol. The van der Waals surface area contributed by atoms with Crippen LogP contribution in [0.25, 0.3) is 12.2 Å². The van der Waals surface area contributed by atoms with Crippen molar-refractivity contribution in [3.63, 3.8) is 0 Å². The van der Waals surface area contributed by atoms with Gasteiger partial charge in [0.2, 0.25) is 5.88 Å². The molecule has 0 aliphatic rings. The molecule has 0 aliphatic heterocycles. The van der Waals surface area contributed by atoms with Gasteiger partial charge in [0, 0.05) is 18.9 Å². The predicted octanol–water partition coefficient (Wildman–Crippen LogP) is 4.28. The van der Waals surface area contributed by atoms with E-state index in [-0.39, 0.29) is 6.61 Å². The van der Waals surface area contributed by atoms with Gasteiger partial charge in [-0.15, -0.1) is 0 Å². The summed E-state index contributed by atoms with van der Waals surface area (Å²) in [6.07, 6.45) is 5.85. The van der Waals surface area contributed by atoms with Gasteiger partial charge in [0.25, 0.3) is 0 Å². The lowest BCUT2D eigenvalue weighted by atomic mass is 10.1. The molecule has 1 N–H and O–H groups in total. The molecule has 1 heterocycles. The smallest absolute Gasteiger partial charge is 0.227 e. The zero-order chi connectivity index (χ0) is 19.3. The Kier molecular flexibility index (Phi) is 10.1. The van der Waals surface area contributed by atoms with E-state index in [1.54, 1.807) is 6.20 Å². The number of hydrogen-bond acceptors (Lipinski definition) is 5. The van der Waals surface area contributed by atoms with Gasteiger partial charge in [-0.25, -0.2) is 9.37 Å². The van der Waals surface area contributed by atoms with E-state index in [4.69, 9.17) is 14.2 Å². The van der Waals surface area contributed by atoms with Crippen LogP contribution in [0.3, 0.4) is 0 Å². The molecule has 0 radical (unpaired) electrons. The van der Waals surface area contributed by atoms with Crippen LogP contribution in [0.4, 0.5) is 10.1 Å². The maximum atomic E-state index is 11.8. The van der Waals surface area contributed by atoms with Crippen LogP contribution in [0, 0.1) is 3.57 Å². The lowest BCUT2D eigenvalue weighted by molar-refractivity contribution is 0.0319. The topological polar surface area (TPSA) is 52.6 Å². The third kappa shape index (κ3) is 8.23. The molecule has 7 heteroatoms. The van der Waals surface area contributed by atoms with E-state index < -0.39 is 6.67 Å². The number of hydrogen-bond donors (Lipinski definition) is 1. The maximum absolute atomic E-state index is 11.8. The Morgan fingerprint density at radius 1 is 1.00 bits per heavy atom. The van der Waals surface area contributed by atoms with E-state index in [0.717, 1.165) is 20.4 Å². The fourth-order valence-corrected chi connectivity index (χ4v) is 2.82. The Hall–Kier alpha value is -1.71. The van der Waals surface area contributed by atoms with E-state index in [2.05, 4.69) is 45.0 Å². The fraction of sp³-hybridized carbons (Fsp3) is 0.350. The van der Waals surface area contributed by atoms with Crippen molar-refractivity contribution in [1.82, 2.24) is 4.98 Å². The summed E-state index contributed by atoms with van der Waals surface area (Å²) in [6.45, 7) is 1.29. The number of anilines is 1. The molecule has 0 fully saturated rings. The van der Waals surface area contributed by atoms with E-state index in [1.807, 2.05) is 37.4 Å². The first-order valence-electron chi connectivity index (χ1n) is 8.68. The Balaban J connectivity index is 1.76. The highest BCUT2D eigenvalue weighted by Crippen LogP contribution is 2.20. The normalized spacial score (nSPS) is 11.1. The number of benzene rings is 1. The molecule has 2 rings (SSSR count). The van der Waals surface area contributed by atoms with Crippen LogP contribution in [0.5, 0.6) is 5.88 Å². The summed E-state index contributed by atoms with van der Waals surface area (Å²) >= 11 is 2.21. The molecule has 0 aliphatic carbocycles. The summed E-state index contributed by atoms with van der Waals surface area (Å²) in [5.74, 6) is 0.586. The highest BCUT2D eigenvalue weighted by atomic mass is 125. The van der Waals surface area contributed by atoms with Crippen molar-refractivity contribution in [1.29, 1.82) is 0 Å². The van der Waals surface area contributed by atoms with Crippen molar-refractivity contribution in [2.75, 3.05) is 52.1 Å². The largest absolute Gasteiger partial charge is 0.474 e. The van der Waals surface area contributed by atoms with Crippen molar-refractivity contribution in [2.45, 2.75) is 0 Å². The Morgan fingerprint density at radius 3 is 2.33 bits per heavy atom. The minimum absolute atomic E-state index is 0.115. The zero-order valence-corrected chi connectivity index (χ0v) is 17.4. The molecule has 2 aromatic rings. The van der Waals surface area contributed by atoms with Crippen LogP contribution in [0.15, 0.2) is 36.5 Å². The van der Waals surface area contributed by atoms with E-state index >= 15 is 0 Å². The second kappa shape index (κ2) is 12.6. The third-order valence-electron chi connectivity index (χ3n) is 3.56. The quantitative estimate of drug-likeness (QED) is 0.360. The first-order valence-corrected chi connectivity index (χ1v) is 9.76. The first-order chi connectivity index (χ1) is 13.2. The van der Waals surface area contributed by atoms with Gasteiger partial charge in [0.15, 0.2) is 0 Å². The second-order valence-electron chi connectivity index (χ2n) is 5.52. The van der Waals surface area contributed by atoms with Gasteiger partial charge >= 0.3 is 0 Å². The summed E-state index contributed by atoms with van der Waals surface area (Å²) < 4.78 is 28.7. The molecule has 5 nitrogen and oxygen atoms in total. The fourth-order valence-electron chi connectivity index (χ4n) is 2.16. The predicted molar refractivity (Wildman–Crippen MR) is 115 cm³/mol. The molecule has 1 aromatic heterocycles. The zero-order valence-electron chi connectivity index (χ0n) is 15.3. The number of nitrogens with one attached hydrogen (secondary N) is 1. The highest BCUT2D eigenvalue weighted by Gasteiger charge is 2.03. The molecular formula is C20H24FIN2O3. The van der Waals surface area contributed by atoms with Crippen molar-refractivity contribution in [3.8, 4) is 5.88 Å². The van der Waals surface area contributed by atoms with Gasteiger partial charge in [-0.1, -0.05) is 24.3 Å². The summed E-state index contributed by atoms with van der Waals surface area (Å²) in [5.41, 5.74) is 3.21. The standard InChI is InChI=1S/C20H24FIN2O3/c1-23-18-6-4-16(5-7-18)2-3-17-14-19(22)20(24-15-17)27-13-12-26-11-10-25-9-8-21/h2-7,14-15,23H,8-13H2,1H3/b3-2+/i22-2. The minimum atomic E-state index is -0.471. The lowest BCUT2D eigenvalue weighted by Gasteiger charge is -2.08. The van der Waals surface area contributed by atoms with Crippen LogP contribution in [0.2, 0.25) is 0 Å². The summed E-state index contributed by atoms with van der Waals surface area (Å²) in [6, 6.07) is 10.2. The molecule has 146 valence electrons. The number of rotatable bonds is 12. The first kappa shape index (κ1) is 21.6. The molecule has 0 spiro atoms. The Labute approximate surface area is 173 Å². The molecule has 0 saturated heterocycles. The monoisotopic (exact) mass is 484 g/mol. The molecule has 0 atom stereocenters. The molecule has 0 amide bonds. The number of halogens is 2. The van der Waals surface area contributed by atoms with Gasteiger partial charge in [-0.2, -0.15) is 0 Å². The molecule has 0 saturated carbocycles. The van der Waals surface area contributed by atoms with Crippen LogP contribution in [-0.2, 0) is 9.47 Å². The number of ether oxygens (including phenoxy) is 3. The van der Waals surface area contributed by atoms with Gasteiger partial charge in [0.1, 0.15) is 13.3 Å². The van der Waals surface area contributed by atoms with Crippen molar-refractivity contribution >= 4 is 40.4 Å². The highest BCUT2D eigenvalue weighted by molar-refractivity contribution is 14.1. The van der Waals surface area contributed by atoms with Crippen LogP contribution in [-0.4, -0.2) is 51.7 Å². The van der Waals surface area contributed by atoms with Crippen LogP contribution in [0.1, 0.15) is 11.1 Å². The minimum Gasteiger partial charge on any atom is -0.474 e. The van der Waals surface area contributed by atoms with Gasteiger partial charge in [-0.05, 0) is 51.9 Å². The number of pyridine rings is 1. The van der Waals surface area contributed by atoms with E-state index in [1.165, 1.54) is 0 Å². The second-order valence-corrected chi connectivity index (χ2v) is 6.69. The SMILES string of the molecule is CNc1ccc(/C=C/c2cnc(OCCOCCOCCF)c([125I])c2)cc1. The van der Waals surface area contributed by atoms with Crippen molar-refractivity contribution in [3.05, 3.63) is 51.2 Å². The third-order valence-corrected chi connectivity index (χ3v) is 4.33. The van der Waals surface area contributed by atoms with Crippen molar-refractivity contribution < 1.29 is 18.6 Å².